The highest BCUT2D eigenvalue weighted by Crippen LogP contribution is 2.37. The molecule has 0 saturated heterocycles. The molecule has 182 valence electrons. The van der Waals surface area contributed by atoms with Gasteiger partial charge < -0.3 is 18.8 Å². The van der Waals surface area contributed by atoms with E-state index in [-0.39, 0.29) is 6.79 Å². The zero-order chi connectivity index (χ0) is 24.8. The van der Waals surface area contributed by atoms with Crippen molar-refractivity contribution in [2.75, 3.05) is 20.5 Å². The highest BCUT2D eigenvalue weighted by atomic mass is 16.7. The molecule has 0 atom stereocenters. The van der Waals surface area contributed by atoms with Gasteiger partial charge >= 0.3 is 5.97 Å². The third-order valence-corrected chi connectivity index (χ3v) is 6.32. The first-order valence-corrected chi connectivity index (χ1v) is 12.2. The minimum Gasteiger partial charge on any atom is -0.467 e. The number of aromatic nitrogens is 1. The third kappa shape index (κ3) is 5.25. The van der Waals surface area contributed by atoms with E-state index in [9.17, 15) is 4.79 Å². The van der Waals surface area contributed by atoms with Gasteiger partial charge in [0.1, 0.15) is 11.3 Å². The monoisotopic (exact) mass is 471 g/mol. The SMILES string of the molecule is C=C(CC)c1cn(-c2ccc(C(=O)OCC)c(OCOC)c2)cc1C1=CCCCc2ccccc21. The number of hydrogen-bond acceptors (Lipinski definition) is 4. The molecule has 1 aliphatic carbocycles. The number of rotatable bonds is 9. The molecule has 0 bridgehead atoms. The van der Waals surface area contributed by atoms with Crippen LogP contribution in [-0.2, 0) is 15.9 Å². The lowest BCUT2D eigenvalue weighted by atomic mass is 9.91. The van der Waals surface area contributed by atoms with Crippen molar-refractivity contribution in [3.63, 3.8) is 0 Å². The normalized spacial score (nSPS) is 12.9. The number of benzene rings is 2. The van der Waals surface area contributed by atoms with Crippen LogP contribution in [-0.4, -0.2) is 31.0 Å². The Labute approximate surface area is 207 Å². The van der Waals surface area contributed by atoms with E-state index in [4.69, 9.17) is 14.2 Å². The van der Waals surface area contributed by atoms with Crippen LogP contribution in [0.2, 0.25) is 0 Å². The molecule has 0 radical (unpaired) electrons. The molecule has 35 heavy (non-hydrogen) atoms. The molecule has 0 amide bonds. The Morgan fingerprint density at radius 2 is 1.89 bits per heavy atom. The van der Waals surface area contributed by atoms with E-state index >= 15 is 0 Å². The molecule has 5 heteroatoms. The smallest absolute Gasteiger partial charge is 0.341 e. The molecular formula is C30H33NO4. The Kier molecular flexibility index (Phi) is 7.88. The maximum absolute atomic E-state index is 12.4. The molecule has 5 nitrogen and oxygen atoms in total. The summed E-state index contributed by atoms with van der Waals surface area (Å²) < 4.78 is 18.1. The van der Waals surface area contributed by atoms with Crippen LogP contribution < -0.4 is 4.74 Å². The van der Waals surface area contributed by atoms with E-state index in [1.807, 2.05) is 12.1 Å². The minimum atomic E-state index is -0.418. The van der Waals surface area contributed by atoms with E-state index in [0.717, 1.165) is 42.5 Å². The van der Waals surface area contributed by atoms with E-state index in [1.54, 1.807) is 20.1 Å². The Morgan fingerprint density at radius 3 is 2.66 bits per heavy atom. The van der Waals surface area contributed by atoms with Crippen molar-refractivity contribution >= 4 is 17.1 Å². The lowest BCUT2D eigenvalue weighted by molar-refractivity contribution is 0.0438. The quantitative estimate of drug-likeness (QED) is 0.254. The summed E-state index contributed by atoms with van der Waals surface area (Å²) in [6.07, 6.45) is 10.7. The van der Waals surface area contributed by atoms with Gasteiger partial charge in [0.2, 0.25) is 0 Å². The first-order chi connectivity index (χ1) is 17.1. The van der Waals surface area contributed by atoms with E-state index in [0.29, 0.717) is 17.9 Å². The van der Waals surface area contributed by atoms with Gasteiger partial charge in [0, 0.05) is 42.4 Å². The second-order valence-corrected chi connectivity index (χ2v) is 8.57. The number of ether oxygens (including phenoxy) is 3. The average molecular weight is 472 g/mol. The van der Waals surface area contributed by atoms with Gasteiger partial charge in [-0.15, -0.1) is 0 Å². The highest BCUT2D eigenvalue weighted by Gasteiger charge is 2.20. The van der Waals surface area contributed by atoms with Crippen molar-refractivity contribution < 1.29 is 19.0 Å². The molecule has 0 N–H and O–H groups in total. The van der Waals surface area contributed by atoms with Crippen molar-refractivity contribution in [2.45, 2.75) is 39.5 Å². The first kappa shape index (κ1) is 24.6. The topological polar surface area (TPSA) is 49.7 Å². The maximum atomic E-state index is 12.4. The number of aryl methyl sites for hydroxylation is 1. The molecule has 0 fully saturated rings. The fourth-order valence-corrected chi connectivity index (χ4v) is 4.49. The Morgan fingerprint density at radius 1 is 1.06 bits per heavy atom. The number of allylic oxidation sites excluding steroid dienone is 2. The van der Waals surface area contributed by atoms with Crippen LogP contribution in [0.25, 0.3) is 16.8 Å². The van der Waals surface area contributed by atoms with Gasteiger partial charge in [-0.25, -0.2) is 4.79 Å². The Hall–Kier alpha value is -3.57. The largest absolute Gasteiger partial charge is 0.467 e. The van der Waals surface area contributed by atoms with E-state index < -0.39 is 5.97 Å². The fraction of sp³-hybridized carbons (Fsp3) is 0.300. The molecule has 4 rings (SSSR count). The summed E-state index contributed by atoms with van der Waals surface area (Å²) in [5.41, 5.74) is 8.55. The standard InChI is InChI=1S/C30H33NO4/c1-5-21(3)27-18-31(19-28(27)25-14-10-8-12-22-11-7-9-13-24(22)25)23-15-16-26(30(32)34-6-2)29(17-23)35-20-33-4/h7,9,11,13-19H,3,5-6,8,10,12,20H2,1-2,4H3. The van der Waals surface area contributed by atoms with Crippen LogP contribution in [0, 0.1) is 0 Å². The summed E-state index contributed by atoms with van der Waals surface area (Å²) in [6.45, 7) is 8.60. The lowest BCUT2D eigenvalue weighted by Gasteiger charge is -2.13. The molecule has 0 unspecified atom stereocenters. The lowest BCUT2D eigenvalue weighted by Crippen LogP contribution is -2.10. The molecule has 1 aliphatic rings. The number of methoxy groups -OCH3 is 1. The molecule has 1 heterocycles. The van der Waals surface area contributed by atoms with Crippen LogP contribution in [0.5, 0.6) is 5.75 Å². The highest BCUT2D eigenvalue weighted by molar-refractivity contribution is 5.93. The molecule has 2 aromatic carbocycles. The van der Waals surface area contributed by atoms with Gasteiger partial charge in [0.25, 0.3) is 0 Å². The summed E-state index contributed by atoms with van der Waals surface area (Å²) >= 11 is 0. The number of hydrogen-bond donors (Lipinski definition) is 0. The number of nitrogens with zero attached hydrogens (tertiary/aromatic N) is 1. The van der Waals surface area contributed by atoms with Crippen molar-refractivity contribution in [3.8, 4) is 11.4 Å². The van der Waals surface area contributed by atoms with Gasteiger partial charge in [0.05, 0.1) is 6.61 Å². The summed E-state index contributed by atoms with van der Waals surface area (Å²) in [5, 5.41) is 0. The zero-order valence-electron chi connectivity index (χ0n) is 20.8. The summed E-state index contributed by atoms with van der Waals surface area (Å²) in [5.74, 6) is 0.00608. The van der Waals surface area contributed by atoms with Crippen LogP contribution in [0.4, 0.5) is 0 Å². The van der Waals surface area contributed by atoms with E-state index in [1.165, 1.54) is 22.3 Å². The summed E-state index contributed by atoms with van der Waals surface area (Å²) in [7, 11) is 1.55. The first-order valence-electron chi connectivity index (χ1n) is 12.2. The number of carbonyl (C=O) groups is 1. The molecule has 3 aromatic rings. The molecule has 0 spiro atoms. The number of esters is 1. The number of carbonyl (C=O) groups excluding carboxylic acids is 1. The Balaban J connectivity index is 1.82. The van der Waals surface area contributed by atoms with Crippen molar-refractivity contribution in [2.24, 2.45) is 0 Å². The summed E-state index contributed by atoms with van der Waals surface area (Å²) in [4.78, 5) is 12.4. The maximum Gasteiger partial charge on any atom is 0.341 e. The third-order valence-electron chi connectivity index (χ3n) is 6.32. The number of fused-ring (bicyclic) bond motifs is 1. The van der Waals surface area contributed by atoms with Gasteiger partial charge in [-0.2, -0.15) is 0 Å². The van der Waals surface area contributed by atoms with Crippen molar-refractivity contribution in [3.05, 3.63) is 95.3 Å². The van der Waals surface area contributed by atoms with Gasteiger partial charge in [0.15, 0.2) is 6.79 Å². The average Bonchev–Trinajstić information content (AvgIpc) is 3.21. The predicted molar refractivity (Wildman–Crippen MR) is 140 cm³/mol. The fourth-order valence-electron chi connectivity index (χ4n) is 4.49. The molecule has 0 saturated carbocycles. The van der Waals surface area contributed by atoms with Crippen LogP contribution in [0.3, 0.4) is 0 Å². The zero-order valence-corrected chi connectivity index (χ0v) is 20.8. The van der Waals surface area contributed by atoms with Gasteiger partial charge in [-0.05, 0) is 67.0 Å². The molecule has 1 aromatic heterocycles. The van der Waals surface area contributed by atoms with Crippen LogP contribution in [0.1, 0.15) is 65.7 Å². The Bertz CT molecular complexity index is 1250. The predicted octanol–water partition coefficient (Wildman–Crippen LogP) is 6.83. The van der Waals surface area contributed by atoms with Crippen LogP contribution >= 0.6 is 0 Å². The van der Waals surface area contributed by atoms with E-state index in [2.05, 4.69) is 60.8 Å². The van der Waals surface area contributed by atoms with Gasteiger partial charge in [-0.1, -0.05) is 43.8 Å². The van der Waals surface area contributed by atoms with Gasteiger partial charge in [-0.3, -0.25) is 0 Å². The second kappa shape index (κ2) is 11.2. The van der Waals surface area contributed by atoms with Crippen molar-refractivity contribution in [1.82, 2.24) is 4.57 Å². The van der Waals surface area contributed by atoms with Crippen molar-refractivity contribution in [1.29, 1.82) is 0 Å². The summed E-state index contributed by atoms with van der Waals surface area (Å²) in [6, 6.07) is 14.2. The minimum absolute atomic E-state index is 0.0361. The molecule has 0 aliphatic heterocycles. The second-order valence-electron chi connectivity index (χ2n) is 8.57. The molecular weight excluding hydrogens is 438 g/mol. The van der Waals surface area contributed by atoms with Crippen LogP contribution in [0.15, 0.2) is 67.5 Å².